The van der Waals surface area contributed by atoms with E-state index in [-0.39, 0.29) is 16.9 Å². The Balaban J connectivity index is 2.08. The molecule has 3 heteroatoms. The quantitative estimate of drug-likeness (QED) is 0.749. The number of ketones is 1. The Hall–Kier alpha value is -2.94. The average molecular weight is 289 g/mol. The van der Waals surface area contributed by atoms with Gasteiger partial charge in [0.25, 0.3) is 5.56 Å². The fourth-order valence-electron chi connectivity index (χ4n) is 2.48. The van der Waals surface area contributed by atoms with Gasteiger partial charge in [-0.15, -0.1) is 0 Å². The monoisotopic (exact) mass is 289 g/mol. The van der Waals surface area contributed by atoms with Gasteiger partial charge >= 0.3 is 0 Å². The van der Waals surface area contributed by atoms with Crippen molar-refractivity contribution >= 4 is 5.78 Å². The van der Waals surface area contributed by atoms with Crippen LogP contribution in [0.25, 0.3) is 11.3 Å². The van der Waals surface area contributed by atoms with Gasteiger partial charge in [-0.25, -0.2) is 0 Å². The number of hydrogen-bond acceptors (Lipinski definition) is 2. The molecule has 22 heavy (non-hydrogen) atoms. The lowest BCUT2D eigenvalue weighted by atomic mass is 9.99. The Morgan fingerprint density at radius 2 is 1.50 bits per heavy atom. The van der Waals surface area contributed by atoms with Gasteiger partial charge in [-0.2, -0.15) is 0 Å². The summed E-state index contributed by atoms with van der Waals surface area (Å²) in [6.07, 6.45) is 0. The van der Waals surface area contributed by atoms with Gasteiger partial charge in [0.15, 0.2) is 5.78 Å². The molecule has 108 valence electrons. The van der Waals surface area contributed by atoms with Gasteiger partial charge < -0.3 is 4.98 Å². The van der Waals surface area contributed by atoms with Gasteiger partial charge in [-0.05, 0) is 24.1 Å². The smallest absolute Gasteiger partial charge is 0.259 e. The fourth-order valence-corrected chi connectivity index (χ4v) is 2.48. The van der Waals surface area contributed by atoms with E-state index in [2.05, 4.69) is 4.98 Å². The third-order valence-corrected chi connectivity index (χ3v) is 3.58. The largest absolute Gasteiger partial charge is 0.321 e. The molecule has 3 nitrogen and oxygen atoms in total. The number of aromatic nitrogens is 1. The molecule has 1 heterocycles. The maximum atomic E-state index is 12.5. The van der Waals surface area contributed by atoms with E-state index < -0.39 is 0 Å². The lowest BCUT2D eigenvalue weighted by molar-refractivity contribution is 0.103. The van der Waals surface area contributed by atoms with Crippen molar-refractivity contribution in [3.63, 3.8) is 0 Å². The molecule has 0 amide bonds. The molecule has 0 saturated carbocycles. The molecule has 0 bridgehead atoms. The summed E-state index contributed by atoms with van der Waals surface area (Å²) in [6, 6.07) is 20.3. The van der Waals surface area contributed by atoms with E-state index in [1.807, 2.05) is 42.5 Å². The zero-order valence-electron chi connectivity index (χ0n) is 12.2. The van der Waals surface area contributed by atoms with Crippen LogP contribution in [0, 0.1) is 6.92 Å². The van der Waals surface area contributed by atoms with E-state index in [9.17, 15) is 9.59 Å². The van der Waals surface area contributed by atoms with E-state index in [0.717, 1.165) is 5.56 Å². The predicted octanol–water partition coefficient (Wildman–Crippen LogP) is 3.58. The molecule has 0 unspecified atom stereocenters. The van der Waals surface area contributed by atoms with Crippen LogP contribution >= 0.6 is 0 Å². The summed E-state index contributed by atoms with van der Waals surface area (Å²) in [7, 11) is 0. The molecule has 0 fully saturated rings. The zero-order valence-corrected chi connectivity index (χ0v) is 12.2. The van der Waals surface area contributed by atoms with Crippen LogP contribution < -0.4 is 5.56 Å². The van der Waals surface area contributed by atoms with Crippen molar-refractivity contribution in [1.29, 1.82) is 0 Å². The van der Waals surface area contributed by atoms with E-state index >= 15 is 0 Å². The van der Waals surface area contributed by atoms with Crippen LogP contribution in [-0.4, -0.2) is 10.8 Å². The first-order valence-electron chi connectivity index (χ1n) is 7.06. The predicted molar refractivity (Wildman–Crippen MR) is 87.1 cm³/mol. The Morgan fingerprint density at radius 3 is 2.09 bits per heavy atom. The summed E-state index contributed by atoms with van der Waals surface area (Å²) in [6.45, 7) is 1.79. The first-order valence-corrected chi connectivity index (χ1v) is 7.06. The van der Waals surface area contributed by atoms with Gasteiger partial charge in [0.2, 0.25) is 0 Å². The molecule has 1 N–H and O–H groups in total. The van der Waals surface area contributed by atoms with Crippen molar-refractivity contribution in [2.24, 2.45) is 0 Å². The minimum Gasteiger partial charge on any atom is -0.321 e. The summed E-state index contributed by atoms with van der Waals surface area (Å²) in [5.41, 5.74) is 2.67. The fraction of sp³-hybridized carbons (Fsp3) is 0.0526. The number of aryl methyl sites for hydroxylation is 1. The van der Waals surface area contributed by atoms with Crippen LogP contribution in [0.3, 0.4) is 0 Å². The molecule has 0 aliphatic rings. The molecular formula is C19H15NO2. The molecular weight excluding hydrogens is 274 g/mol. The lowest BCUT2D eigenvalue weighted by Gasteiger charge is -2.08. The number of carbonyl (C=O) groups excluding carboxylic acids is 1. The maximum absolute atomic E-state index is 12.5. The van der Waals surface area contributed by atoms with Gasteiger partial charge in [0, 0.05) is 11.3 Å². The van der Waals surface area contributed by atoms with Crippen LogP contribution in [0.2, 0.25) is 0 Å². The Labute approximate surface area is 128 Å². The van der Waals surface area contributed by atoms with Crippen LogP contribution in [0.4, 0.5) is 0 Å². The van der Waals surface area contributed by atoms with Crippen molar-refractivity contribution in [3.05, 3.63) is 93.8 Å². The molecule has 2 aromatic carbocycles. The zero-order chi connectivity index (χ0) is 15.5. The molecule has 3 aromatic rings. The average Bonchev–Trinajstić information content (AvgIpc) is 2.55. The summed E-state index contributed by atoms with van der Waals surface area (Å²) < 4.78 is 0. The second kappa shape index (κ2) is 5.82. The van der Waals surface area contributed by atoms with E-state index in [1.54, 1.807) is 31.2 Å². The van der Waals surface area contributed by atoms with E-state index in [4.69, 9.17) is 0 Å². The van der Waals surface area contributed by atoms with Gasteiger partial charge in [0.05, 0.1) is 5.56 Å². The molecule has 0 saturated heterocycles. The van der Waals surface area contributed by atoms with Crippen molar-refractivity contribution in [3.8, 4) is 11.3 Å². The molecule has 0 radical (unpaired) electrons. The molecule has 0 aliphatic carbocycles. The number of H-pyrrole nitrogens is 1. The van der Waals surface area contributed by atoms with E-state index in [1.165, 1.54) is 0 Å². The maximum Gasteiger partial charge on any atom is 0.259 e. The second-order valence-electron chi connectivity index (χ2n) is 5.13. The van der Waals surface area contributed by atoms with Crippen LogP contribution in [0.5, 0.6) is 0 Å². The SMILES string of the molecule is Cc1cc(-c2ccccc2)[nH]c(=O)c1C(=O)c1ccccc1. The summed E-state index contributed by atoms with van der Waals surface area (Å²) in [5, 5.41) is 0. The van der Waals surface area contributed by atoms with E-state index in [0.29, 0.717) is 16.8 Å². The Bertz CT molecular complexity index is 865. The second-order valence-corrected chi connectivity index (χ2v) is 5.13. The van der Waals surface area contributed by atoms with Crippen molar-refractivity contribution in [2.75, 3.05) is 0 Å². The highest BCUT2D eigenvalue weighted by atomic mass is 16.1. The lowest BCUT2D eigenvalue weighted by Crippen LogP contribution is -2.20. The van der Waals surface area contributed by atoms with Crippen LogP contribution in [0.15, 0.2) is 71.5 Å². The highest BCUT2D eigenvalue weighted by Gasteiger charge is 2.16. The van der Waals surface area contributed by atoms with Crippen LogP contribution in [-0.2, 0) is 0 Å². The highest BCUT2D eigenvalue weighted by molar-refractivity contribution is 6.09. The third-order valence-electron chi connectivity index (χ3n) is 3.58. The summed E-state index contributed by atoms with van der Waals surface area (Å²) in [4.78, 5) is 27.7. The number of carbonyl (C=O) groups is 1. The van der Waals surface area contributed by atoms with Gasteiger partial charge in [-0.3, -0.25) is 9.59 Å². The first kappa shape index (κ1) is 14.0. The van der Waals surface area contributed by atoms with Gasteiger partial charge in [0.1, 0.15) is 0 Å². The standard InChI is InChI=1S/C19H15NO2/c1-13-12-16(14-8-4-2-5-9-14)20-19(22)17(13)18(21)15-10-6-3-7-11-15/h2-12H,1H3,(H,20,22). The number of nitrogens with one attached hydrogen (secondary N) is 1. The minimum absolute atomic E-state index is 0.200. The number of pyridine rings is 1. The summed E-state index contributed by atoms with van der Waals surface area (Å²) >= 11 is 0. The highest BCUT2D eigenvalue weighted by Crippen LogP contribution is 2.18. The number of hydrogen-bond donors (Lipinski definition) is 1. The normalized spacial score (nSPS) is 10.4. The molecule has 0 aliphatic heterocycles. The van der Waals surface area contributed by atoms with Crippen molar-refractivity contribution in [2.45, 2.75) is 6.92 Å². The topological polar surface area (TPSA) is 49.9 Å². The van der Waals surface area contributed by atoms with Crippen molar-refractivity contribution < 1.29 is 4.79 Å². The summed E-state index contributed by atoms with van der Waals surface area (Å²) in [5.74, 6) is -0.251. The number of aromatic amines is 1. The number of rotatable bonds is 3. The van der Waals surface area contributed by atoms with Gasteiger partial charge in [-0.1, -0.05) is 60.7 Å². The number of benzene rings is 2. The molecule has 0 spiro atoms. The molecule has 0 atom stereocenters. The van der Waals surface area contributed by atoms with Crippen LogP contribution in [0.1, 0.15) is 21.5 Å². The first-order chi connectivity index (χ1) is 10.7. The minimum atomic E-state index is -0.354. The molecule has 1 aromatic heterocycles. The molecule has 3 rings (SSSR count). The van der Waals surface area contributed by atoms with Crippen molar-refractivity contribution in [1.82, 2.24) is 4.98 Å². The Morgan fingerprint density at radius 1 is 0.909 bits per heavy atom. The third kappa shape index (κ3) is 2.61. The Kier molecular flexibility index (Phi) is 3.71.